The van der Waals surface area contributed by atoms with Gasteiger partial charge in [-0.15, -0.1) is 0 Å². The number of aliphatic imine (C=N–C) groups is 1. The third kappa shape index (κ3) is 2.24. The Kier molecular flexibility index (Phi) is 3.05. The number of nitrogens with zero attached hydrogens (tertiary/aromatic N) is 2. The molecule has 0 bridgehead atoms. The number of rotatable bonds is 2. The van der Waals surface area contributed by atoms with E-state index in [-0.39, 0.29) is 12.1 Å². The molecule has 2 atom stereocenters. The number of hydrogen-bond acceptors (Lipinski definition) is 5. The maximum atomic E-state index is 6.05. The predicted octanol–water partition coefficient (Wildman–Crippen LogP) is 1.33. The van der Waals surface area contributed by atoms with E-state index in [2.05, 4.69) is 38.8 Å². The quantitative estimate of drug-likeness (QED) is 0.745. The standard InChI is InChI=1S/C14H17N5/c1-16-11-4-10(6-17-7-11)9-2-3-13-12(5-9)14(15)19-8-18-13/h2-4,6-8,12,14,16H,5,15H2,1H3,(H,18,19). The van der Waals surface area contributed by atoms with Gasteiger partial charge in [0.1, 0.15) is 6.17 Å². The number of fused-ring (bicyclic) bond motifs is 1. The lowest BCUT2D eigenvalue weighted by atomic mass is 9.86. The Morgan fingerprint density at radius 1 is 1.37 bits per heavy atom. The van der Waals surface area contributed by atoms with Crippen LogP contribution in [0.2, 0.25) is 0 Å². The second-order valence-electron chi connectivity index (χ2n) is 4.75. The molecular weight excluding hydrogens is 238 g/mol. The third-order valence-electron chi connectivity index (χ3n) is 3.59. The zero-order chi connectivity index (χ0) is 13.2. The first-order valence-electron chi connectivity index (χ1n) is 6.35. The number of aromatic nitrogens is 1. The number of anilines is 1. The first-order valence-corrected chi connectivity index (χ1v) is 6.35. The third-order valence-corrected chi connectivity index (χ3v) is 3.59. The number of nitrogens with one attached hydrogen (secondary N) is 2. The number of nitrogens with two attached hydrogens (primary N) is 1. The van der Waals surface area contributed by atoms with Crippen molar-refractivity contribution in [2.75, 3.05) is 12.4 Å². The minimum absolute atomic E-state index is 0.170. The Labute approximate surface area is 112 Å². The molecule has 1 aromatic heterocycles. The van der Waals surface area contributed by atoms with Gasteiger partial charge in [-0.2, -0.15) is 0 Å². The maximum absolute atomic E-state index is 6.05. The van der Waals surface area contributed by atoms with Gasteiger partial charge in [-0.3, -0.25) is 9.98 Å². The number of allylic oxidation sites excluding steroid dienone is 3. The van der Waals surface area contributed by atoms with E-state index in [4.69, 9.17) is 5.73 Å². The van der Waals surface area contributed by atoms with E-state index in [1.807, 2.05) is 19.4 Å². The summed E-state index contributed by atoms with van der Waals surface area (Å²) in [4.78, 5) is 8.47. The molecule has 19 heavy (non-hydrogen) atoms. The van der Waals surface area contributed by atoms with E-state index >= 15 is 0 Å². The molecule has 0 saturated heterocycles. The topological polar surface area (TPSA) is 75.3 Å². The van der Waals surface area contributed by atoms with Crippen molar-refractivity contribution in [1.29, 1.82) is 0 Å². The zero-order valence-corrected chi connectivity index (χ0v) is 10.8. The van der Waals surface area contributed by atoms with Crippen molar-refractivity contribution in [3.8, 4) is 0 Å². The van der Waals surface area contributed by atoms with Crippen LogP contribution in [0.15, 0.2) is 41.3 Å². The van der Waals surface area contributed by atoms with Crippen molar-refractivity contribution < 1.29 is 0 Å². The van der Waals surface area contributed by atoms with Gasteiger partial charge < -0.3 is 16.4 Å². The van der Waals surface area contributed by atoms with Crippen LogP contribution in [0.3, 0.4) is 0 Å². The van der Waals surface area contributed by atoms with Crippen molar-refractivity contribution >= 4 is 17.6 Å². The van der Waals surface area contributed by atoms with Crippen LogP contribution in [0.25, 0.3) is 5.57 Å². The molecule has 4 N–H and O–H groups in total. The van der Waals surface area contributed by atoms with Gasteiger partial charge in [-0.05, 0) is 29.7 Å². The van der Waals surface area contributed by atoms with Crippen molar-refractivity contribution in [3.63, 3.8) is 0 Å². The molecule has 3 rings (SSSR count). The summed E-state index contributed by atoms with van der Waals surface area (Å²) in [5.41, 5.74) is 10.6. The highest BCUT2D eigenvalue weighted by Crippen LogP contribution is 2.33. The molecule has 5 heteroatoms. The van der Waals surface area contributed by atoms with E-state index in [9.17, 15) is 0 Å². The minimum Gasteiger partial charge on any atom is -0.387 e. The van der Waals surface area contributed by atoms with Crippen molar-refractivity contribution in [2.24, 2.45) is 16.6 Å². The van der Waals surface area contributed by atoms with Gasteiger partial charge in [0.2, 0.25) is 0 Å². The molecule has 98 valence electrons. The predicted molar refractivity (Wildman–Crippen MR) is 77.6 cm³/mol. The van der Waals surface area contributed by atoms with Crippen LogP contribution in [-0.4, -0.2) is 24.5 Å². The Balaban J connectivity index is 1.91. The van der Waals surface area contributed by atoms with E-state index < -0.39 is 0 Å². The summed E-state index contributed by atoms with van der Waals surface area (Å²) in [6.07, 6.45) is 10.3. The van der Waals surface area contributed by atoms with E-state index in [0.717, 1.165) is 23.4 Å². The number of pyridine rings is 1. The van der Waals surface area contributed by atoms with Gasteiger partial charge in [0.05, 0.1) is 12.0 Å². The summed E-state index contributed by atoms with van der Waals surface area (Å²) < 4.78 is 0. The van der Waals surface area contributed by atoms with Gasteiger partial charge in [-0.1, -0.05) is 6.08 Å². The molecule has 0 radical (unpaired) electrons. The SMILES string of the molecule is CNc1cncc(C2=CC=C3NC=NC(N)C3C2)c1. The molecular formula is C14H17N5. The monoisotopic (exact) mass is 255 g/mol. The summed E-state index contributed by atoms with van der Waals surface area (Å²) in [5, 5.41) is 6.27. The molecule has 1 aliphatic heterocycles. The van der Waals surface area contributed by atoms with Crippen molar-refractivity contribution in [3.05, 3.63) is 41.9 Å². The average Bonchev–Trinajstić information content (AvgIpc) is 2.47. The highest BCUT2D eigenvalue weighted by Gasteiger charge is 2.27. The number of hydrogen-bond donors (Lipinski definition) is 3. The summed E-state index contributed by atoms with van der Waals surface area (Å²) in [6, 6.07) is 2.10. The largest absolute Gasteiger partial charge is 0.387 e. The van der Waals surface area contributed by atoms with Crippen molar-refractivity contribution in [2.45, 2.75) is 12.6 Å². The zero-order valence-electron chi connectivity index (χ0n) is 10.8. The summed E-state index contributed by atoms with van der Waals surface area (Å²) in [7, 11) is 1.89. The molecule has 0 aromatic carbocycles. The van der Waals surface area contributed by atoms with E-state index in [1.165, 1.54) is 5.57 Å². The Bertz CT molecular complexity index is 573. The Hall–Kier alpha value is -2.14. The first kappa shape index (κ1) is 11.9. The fourth-order valence-electron chi connectivity index (χ4n) is 2.46. The second kappa shape index (κ2) is 4.85. The van der Waals surface area contributed by atoms with Gasteiger partial charge in [0.25, 0.3) is 0 Å². The minimum atomic E-state index is -0.170. The summed E-state index contributed by atoms with van der Waals surface area (Å²) >= 11 is 0. The second-order valence-corrected chi connectivity index (χ2v) is 4.75. The van der Waals surface area contributed by atoms with E-state index in [0.29, 0.717) is 0 Å². The van der Waals surface area contributed by atoms with Gasteiger partial charge in [0, 0.05) is 31.1 Å². The molecule has 0 spiro atoms. The molecule has 2 aliphatic rings. The molecule has 0 amide bonds. The molecule has 2 heterocycles. The molecule has 0 saturated carbocycles. The summed E-state index contributed by atoms with van der Waals surface area (Å²) in [6.45, 7) is 0. The van der Waals surface area contributed by atoms with Crippen LogP contribution >= 0.6 is 0 Å². The Morgan fingerprint density at radius 3 is 3.11 bits per heavy atom. The Morgan fingerprint density at radius 2 is 2.26 bits per heavy atom. The lowest BCUT2D eigenvalue weighted by Crippen LogP contribution is -2.39. The fourth-order valence-corrected chi connectivity index (χ4v) is 2.46. The molecule has 1 aromatic rings. The highest BCUT2D eigenvalue weighted by atomic mass is 15.1. The molecule has 5 nitrogen and oxygen atoms in total. The van der Waals surface area contributed by atoms with Crippen LogP contribution in [0.5, 0.6) is 0 Å². The first-order chi connectivity index (χ1) is 9.28. The normalized spacial score (nSPS) is 24.9. The van der Waals surface area contributed by atoms with Crippen LogP contribution in [-0.2, 0) is 0 Å². The van der Waals surface area contributed by atoms with Gasteiger partial charge >= 0.3 is 0 Å². The lowest BCUT2D eigenvalue weighted by Gasteiger charge is -2.30. The van der Waals surface area contributed by atoms with Crippen molar-refractivity contribution in [1.82, 2.24) is 10.3 Å². The smallest absolute Gasteiger partial charge is 0.107 e. The van der Waals surface area contributed by atoms with E-state index in [1.54, 1.807) is 6.34 Å². The van der Waals surface area contributed by atoms with Gasteiger partial charge in [-0.25, -0.2) is 0 Å². The summed E-state index contributed by atoms with van der Waals surface area (Å²) in [5.74, 6) is 0.225. The van der Waals surface area contributed by atoms with Crippen LogP contribution in [0.4, 0.5) is 5.69 Å². The highest BCUT2D eigenvalue weighted by molar-refractivity contribution is 5.72. The van der Waals surface area contributed by atoms with Crippen LogP contribution in [0.1, 0.15) is 12.0 Å². The maximum Gasteiger partial charge on any atom is 0.107 e. The lowest BCUT2D eigenvalue weighted by molar-refractivity contribution is 0.472. The fraction of sp³-hybridized carbons (Fsp3) is 0.286. The van der Waals surface area contributed by atoms with Gasteiger partial charge in [0.15, 0.2) is 0 Å². The van der Waals surface area contributed by atoms with Crippen LogP contribution in [0, 0.1) is 5.92 Å². The average molecular weight is 255 g/mol. The molecule has 2 unspecified atom stereocenters. The molecule has 1 aliphatic carbocycles. The molecule has 0 fully saturated rings. The van der Waals surface area contributed by atoms with Crippen LogP contribution < -0.4 is 16.4 Å².